The van der Waals surface area contributed by atoms with E-state index in [9.17, 15) is 4.79 Å². The fourth-order valence-electron chi connectivity index (χ4n) is 3.50. The quantitative estimate of drug-likeness (QED) is 0.764. The zero-order chi connectivity index (χ0) is 17.4. The Morgan fingerprint density at radius 3 is 3.04 bits per heavy atom. The molecule has 3 aromatic rings. The van der Waals surface area contributed by atoms with Crippen LogP contribution in [0.15, 0.2) is 35.7 Å². The predicted molar refractivity (Wildman–Crippen MR) is 103 cm³/mol. The molecule has 1 aromatic carbocycles. The maximum Gasteiger partial charge on any atom is 0.277 e. The Balaban J connectivity index is 1.41. The molecule has 2 aromatic heterocycles. The Bertz CT molecular complexity index is 868. The highest BCUT2D eigenvalue weighted by molar-refractivity contribution is 7.18. The molecular formula is C19H22N3OS2+. The molecule has 1 unspecified atom stereocenters. The molecule has 4 nitrogen and oxygen atoms in total. The number of rotatable bonds is 4. The van der Waals surface area contributed by atoms with Crippen molar-refractivity contribution in [3.05, 3.63) is 51.2 Å². The number of thiazole rings is 1. The zero-order valence-electron chi connectivity index (χ0n) is 14.5. The number of hydrogen-bond acceptors (Lipinski definition) is 4. The predicted octanol–water partition coefficient (Wildman–Crippen LogP) is 2.52. The van der Waals surface area contributed by atoms with Gasteiger partial charge in [-0.3, -0.25) is 4.79 Å². The number of carbonyl (C=O) groups excluding carboxylic acids is 1. The Hall–Kier alpha value is -1.76. The van der Waals surface area contributed by atoms with Crippen LogP contribution in [0.1, 0.15) is 28.4 Å². The highest BCUT2D eigenvalue weighted by Gasteiger charge is 2.30. The molecule has 2 atom stereocenters. The highest BCUT2D eigenvalue weighted by Crippen LogP contribution is 2.25. The van der Waals surface area contributed by atoms with E-state index in [1.54, 1.807) is 11.3 Å². The molecule has 0 radical (unpaired) electrons. The van der Waals surface area contributed by atoms with Crippen LogP contribution >= 0.6 is 22.7 Å². The van der Waals surface area contributed by atoms with Gasteiger partial charge in [0.05, 0.1) is 23.3 Å². The number of likely N-dealkylation sites (N-methyl/N-ethyl adjacent to an activating group) is 1. The Morgan fingerprint density at radius 2 is 2.20 bits per heavy atom. The van der Waals surface area contributed by atoms with Crippen LogP contribution in [-0.2, 0) is 17.8 Å². The first-order valence-electron chi connectivity index (χ1n) is 8.61. The first kappa shape index (κ1) is 16.7. The SMILES string of the molecule is C[C@@H]1c2ccsc2CC[NH+]1CC(=O)N(C)Cc1nc2ccccc2s1. The van der Waals surface area contributed by atoms with E-state index >= 15 is 0 Å². The summed E-state index contributed by atoms with van der Waals surface area (Å²) in [7, 11) is 1.89. The average Bonchev–Trinajstić information content (AvgIpc) is 3.23. The van der Waals surface area contributed by atoms with Gasteiger partial charge in [-0.1, -0.05) is 12.1 Å². The topological polar surface area (TPSA) is 37.6 Å². The summed E-state index contributed by atoms with van der Waals surface area (Å²) in [5.41, 5.74) is 2.44. The number of aromatic nitrogens is 1. The van der Waals surface area contributed by atoms with Crippen LogP contribution in [0.3, 0.4) is 0 Å². The summed E-state index contributed by atoms with van der Waals surface area (Å²) < 4.78 is 1.18. The number of quaternary nitrogens is 1. The normalized spacial score (nSPS) is 19.8. The van der Waals surface area contributed by atoms with Crippen LogP contribution in [0.25, 0.3) is 10.2 Å². The van der Waals surface area contributed by atoms with Gasteiger partial charge < -0.3 is 9.80 Å². The molecule has 1 aliphatic rings. The third-order valence-corrected chi connectivity index (χ3v) is 7.06. The minimum Gasteiger partial charge on any atom is -0.334 e. The molecule has 0 spiro atoms. The first-order chi connectivity index (χ1) is 12.1. The van der Waals surface area contributed by atoms with Crippen LogP contribution < -0.4 is 4.90 Å². The molecule has 6 heteroatoms. The van der Waals surface area contributed by atoms with Gasteiger partial charge in [-0.15, -0.1) is 22.7 Å². The minimum absolute atomic E-state index is 0.194. The molecule has 1 N–H and O–H groups in total. The number of thiophene rings is 1. The summed E-state index contributed by atoms with van der Waals surface area (Å²) in [5.74, 6) is 0.194. The van der Waals surface area contributed by atoms with Gasteiger partial charge in [-0.05, 0) is 30.5 Å². The largest absolute Gasteiger partial charge is 0.334 e. The lowest BCUT2D eigenvalue weighted by atomic mass is 10.0. The fourth-order valence-corrected chi connectivity index (χ4v) is 5.50. The number of fused-ring (bicyclic) bond motifs is 2. The van der Waals surface area contributed by atoms with Crippen molar-refractivity contribution >= 4 is 38.8 Å². The molecule has 0 aliphatic carbocycles. The molecule has 3 heterocycles. The summed E-state index contributed by atoms with van der Waals surface area (Å²) in [6.45, 7) is 4.41. The van der Waals surface area contributed by atoms with Crippen molar-refractivity contribution in [1.82, 2.24) is 9.88 Å². The second kappa shape index (κ2) is 6.86. The van der Waals surface area contributed by atoms with E-state index in [-0.39, 0.29) is 5.91 Å². The molecule has 1 amide bonds. The number of benzene rings is 1. The summed E-state index contributed by atoms with van der Waals surface area (Å²) in [4.78, 5) is 22.0. The molecule has 0 saturated heterocycles. The Kier molecular flexibility index (Phi) is 4.58. The van der Waals surface area contributed by atoms with Crippen molar-refractivity contribution in [2.24, 2.45) is 0 Å². The number of para-hydroxylation sites is 1. The van der Waals surface area contributed by atoms with Crippen molar-refractivity contribution in [2.45, 2.75) is 25.9 Å². The van der Waals surface area contributed by atoms with Gasteiger partial charge in [0.2, 0.25) is 0 Å². The summed E-state index contributed by atoms with van der Waals surface area (Å²) in [6.07, 6.45) is 1.08. The van der Waals surface area contributed by atoms with Crippen molar-refractivity contribution < 1.29 is 9.69 Å². The highest BCUT2D eigenvalue weighted by atomic mass is 32.1. The van der Waals surface area contributed by atoms with Gasteiger partial charge in [0.25, 0.3) is 5.91 Å². The number of amides is 1. The maximum atomic E-state index is 12.7. The molecule has 0 fully saturated rings. The third kappa shape index (κ3) is 3.34. The molecule has 25 heavy (non-hydrogen) atoms. The van der Waals surface area contributed by atoms with Gasteiger partial charge in [-0.25, -0.2) is 4.98 Å². The molecule has 0 bridgehead atoms. The maximum absolute atomic E-state index is 12.7. The number of carbonyl (C=O) groups is 1. The smallest absolute Gasteiger partial charge is 0.277 e. The zero-order valence-corrected chi connectivity index (χ0v) is 16.1. The standard InChI is InChI=1S/C19H21N3OS2/c1-13-14-8-10-24-16(14)7-9-22(13)12-19(23)21(2)11-18-20-15-5-3-4-6-17(15)25-18/h3-6,8,10,13H,7,9,11-12H2,1-2H3/p+1/t13-/m1/s1. The van der Waals surface area contributed by atoms with Crippen LogP contribution in [0.4, 0.5) is 0 Å². The lowest BCUT2D eigenvalue weighted by molar-refractivity contribution is -0.924. The van der Waals surface area contributed by atoms with Gasteiger partial charge in [0.1, 0.15) is 11.0 Å². The summed E-state index contributed by atoms with van der Waals surface area (Å²) in [6, 6.07) is 10.7. The van der Waals surface area contributed by atoms with Gasteiger partial charge in [0, 0.05) is 23.9 Å². The number of hydrogen-bond donors (Lipinski definition) is 1. The van der Waals surface area contributed by atoms with Crippen LogP contribution in [0.2, 0.25) is 0 Å². The monoisotopic (exact) mass is 372 g/mol. The van der Waals surface area contributed by atoms with Crippen molar-refractivity contribution in [3.8, 4) is 0 Å². The third-order valence-electron chi connectivity index (χ3n) is 5.05. The number of nitrogens with one attached hydrogen (secondary N) is 1. The van der Waals surface area contributed by atoms with Gasteiger partial charge >= 0.3 is 0 Å². The van der Waals surface area contributed by atoms with E-state index in [2.05, 4.69) is 29.4 Å². The van der Waals surface area contributed by atoms with Crippen molar-refractivity contribution in [2.75, 3.05) is 20.1 Å². The second-order valence-electron chi connectivity index (χ2n) is 6.68. The van der Waals surface area contributed by atoms with Crippen LogP contribution in [0.5, 0.6) is 0 Å². The molecule has 130 valence electrons. The number of nitrogens with zero attached hydrogens (tertiary/aromatic N) is 2. The van der Waals surface area contributed by atoms with E-state index < -0.39 is 0 Å². The van der Waals surface area contributed by atoms with E-state index in [0.717, 1.165) is 23.5 Å². The molecule has 0 saturated carbocycles. The Labute approximate surface area is 155 Å². The summed E-state index contributed by atoms with van der Waals surface area (Å²) >= 11 is 3.52. The lowest BCUT2D eigenvalue weighted by Gasteiger charge is -2.31. The second-order valence-corrected chi connectivity index (χ2v) is 8.80. The van der Waals surface area contributed by atoms with Gasteiger partial charge in [-0.2, -0.15) is 0 Å². The fraction of sp³-hybridized carbons (Fsp3) is 0.368. The Morgan fingerprint density at radius 1 is 1.36 bits per heavy atom. The van der Waals surface area contributed by atoms with Crippen molar-refractivity contribution in [3.63, 3.8) is 0 Å². The van der Waals surface area contributed by atoms with E-state index in [4.69, 9.17) is 0 Å². The van der Waals surface area contributed by atoms with Gasteiger partial charge in [0.15, 0.2) is 6.54 Å². The summed E-state index contributed by atoms with van der Waals surface area (Å²) in [5, 5.41) is 3.17. The molecular weight excluding hydrogens is 350 g/mol. The molecule has 4 rings (SSSR count). The van der Waals surface area contributed by atoms with Crippen LogP contribution in [-0.4, -0.2) is 35.9 Å². The van der Waals surface area contributed by atoms with Crippen molar-refractivity contribution in [1.29, 1.82) is 0 Å². The lowest BCUT2D eigenvalue weighted by Crippen LogP contribution is -3.14. The first-order valence-corrected chi connectivity index (χ1v) is 10.3. The van der Waals surface area contributed by atoms with Crippen LogP contribution in [0, 0.1) is 0 Å². The molecule has 1 aliphatic heterocycles. The van der Waals surface area contributed by atoms with E-state index in [0.29, 0.717) is 19.1 Å². The minimum atomic E-state index is 0.194. The average molecular weight is 373 g/mol. The van der Waals surface area contributed by atoms with E-state index in [1.807, 2.05) is 41.5 Å². The van der Waals surface area contributed by atoms with E-state index in [1.165, 1.54) is 20.0 Å².